The quantitative estimate of drug-likeness (QED) is 0.397. The second-order valence-corrected chi connectivity index (χ2v) is 6.63. The monoisotopic (exact) mass is 446 g/mol. The second-order valence-electron chi connectivity index (χ2n) is 6.63. The maximum absolute atomic E-state index is 5.96. The number of aromatic nitrogens is 1. The molecule has 24 heavy (non-hydrogen) atoms. The molecule has 0 spiro atoms. The standard InChI is InChI=1S/C18H30N4O.HI/c1-13(2)14(3)22-18(19-4)21-12-15-9-10-20-17(11-15)23-16-7-5-6-8-16;/h9-11,13-14,16H,5-8,12H2,1-4H3,(H2,19,21,22);1H. The van der Waals surface area contributed by atoms with Crippen molar-refractivity contribution >= 4 is 29.9 Å². The molecule has 0 amide bonds. The van der Waals surface area contributed by atoms with Gasteiger partial charge in [0, 0.05) is 31.9 Å². The highest BCUT2D eigenvalue weighted by molar-refractivity contribution is 14.0. The molecule has 0 saturated heterocycles. The average molecular weight is 446 g/mol. The summed E-state index contributed by atoms with van der Waals surface area (Å²) < 4.78 is 5.96. The summed E-state index contributed by atoms with van der Waals surface area (Å²) in [5.74, 6) is 2.11. The van der Waals surface area contributed by atoms with Crippen molar-refractivity contribution in [3.05, 3.63) is 23.9 Å². The predicted octanol–water partition coefficient (Wildman–Crippen LogP) is 3.73. The summed E-state index contributed by atoms with van der Waals surface area (Å²) in [4.78, 5) is 8.60. The van der Waals surface area contributed by atoms with Gasteiger partial charge in [-0.3, -0.25) is 4.99 Å². The minimum absolute atomic E-state index is 0. The molecule has 2 N–H and O–H groups in total. The molecule has 1 saturated carbocycles. The van der Waals surface area contributed by atoms with E-state index in [9.17, 15) is 0 Å². The molecule has 0 aromatic carbocycles. The third kappa shape index (κ3) is 6.83. The number of nitrogens with zero attached hydrogens (tertiary/aromatic N) is 2. The minimum Gasteiger partial charge on any atom is -0.474 e. The van der Waals surface area contributed by atoms with Crippen molar-refractivity contribution in [3.8, 4) is 5.88 Å². The van der Waals surface area contributed by atoms with Gasteiger partial charge in [-0.1, -0.05) is 13.8 Å². The smallest absolute Gasteiger partial charge is 0.213 e. The molecular formula is C18H31IN4O. The Balaban J connectivity index is 0.00000288. The normalized spacial score (nSPS) is 16.6. The molecule has 1 heterocycles. The Morgan fingerprint density at radius 2 is 2.04 bits per heavy atom. The predicted molar refractivity (Wildman–Crippen MR) is 110 cm³/mol. The number of pyridine rings is 1. The van der Waals surface area contributed by atoms with Crippen molar-refractivity contribution in [2.75, 3.05) is 7.05 Å². The lowest BCUT2D eigenvalue weighted by atomic mass is 10.1. The van der Waals surface area contributed by atoms with Crippen LogP contribution in [-0.4, -0.2) is 30.1 Å². The number of hydrogen-bond acceptors (Lipinski definition) is 3. The molecule has 136 valence electrons. The third-order valence-electron chi connectivity index (χ3n) is 4.44. The average Bonchev–Trinajstić information content (AvgIpc) is 3.04. The highest BCUT2D eigenvalue weighted by Crippen LogP contribution is 2.23. The molecule has 1 fully saturated rings. The van der Waals surface area contributed by atoms with E-state index in [-0.39, 0.29) is 24.0 Å². The van der Waals surface area contributed by atoms with E-state index in [2.05, 4.69) is 41.4 Å². The molecule has 1 aliphatic carbocycles. The van der Waals surface area contributed by atoms with Gasteiger partial charge in [-0.2, -0.15) is 0 Å². The summed E-state index contributed by atoms with van der Waals surface area (Å²) in [6, 6.07) is 4.40. The van der Waals surface area contributed by atoms with Crippen molar-refractivity contribution in [1.82, 2.24) is 15.6 Å². The van der Waals surface area contributed by atoms with Gasteiger partial charge in [0.2, 0.25) is 5.88 Å². The summed E-state index contributed by atoms with van der Waals surface area (Å²) in [6.45, 7) is 7.26. The molecule has 5 nitrogen and oxygen atoms in total. The van der Waals surface area contributed by atoms with Crippen molar-refractivity contribution in [2.24, 2.45) is 10.9 Å². The molecule has 1 aliphatic rings. The lowest BCUT2D eigenvalue weighted by Crippen LogP contribution is -2.43. The van der Waals surface area contributed by atoms with Crippen LogP contribution in [0.2, 0.25) is 0 Å². The van der Waals surface area contributed by atoms with Gasteiger partial charge in [0.25, 0.3) is 0 Å². The maximum Gasteiger partial charge on any atom is 0.213 e. The third-order valence-corrected chi connectivity index (χ3v) is 4.44. The van der Waals surface area contributed by atoms with Crippen molar-refractivity contribution in [3.63, 3.8) is 0 Å². The Morgan fingerprint density at radius 1 is 1.33 bits per heavy atom. The van der Waals surface area contributed by atoms with E-state index < -0.39 is 0 Å². The minimum atomic E-state index is 0. The zero-order chi connectivity index (χ0) is 16.7. The highest BCUT2D eigenvalue weighted by atomic mass is 127. The van der Waals surface area contributed by atoms with E-state index in [0.717, 1.165) is 30.2 Å². The van der Waals surface area contributed by atoms with Crippen LogP contribution in [0.25, 0.3) is 0 Å². The van der Waals surface area contributed by atoms with Gasteiger partial charge < -0.3 is 15.4 Å². The van der Waals surface area contributed by atoms with Gasteiger partial charge in [-0.25, -0.2) is 4.98 Å². The fourth-order valence-electron chi connectivity index (χ4n) is 2.56. The first-order chi connectivity index (χ1) is 11.1. The summed E-state index contributed by atoms with van der Waals surface area (Å²) in [6.07, 6.45) is 6.98. The Labute approximate surface area is 163 Å². The first-order valence-corrected chi connectivity index (χ1v) is 8.67. The summed E-state index contributed by atoms with van der Waals surface area (Å²) in [5.41, 5.74) is 1.15. The molecule has 1 atom stereocenters. The van der Waals surface area contributed by atoms with Gasteiger partial charge in [0.15, 0.2) is 5.96 Å². The van der Waals surface area contributed by atoms with E-state index in [1.54, 1.807) is 7.05 Å². The van der Waals surface area contributed by atoms with Crippen LogP contribution in [0.3, 0.4) is 0 Å². The number of halogens is 1. The number of aliphatic imine (C=N–C) groups is 1. The van der Waals surface area contributed by atoms with E-state index in [0.29, 0.717) is 24.6 Å². The SMILES string of the molecule is CN=C(NCc1ccnc(OC2CCCC2)c1)NC(C)C(C)C.I. The topological polar surface area (TPSA) is 58.5 Å². The Kier molecular flexibility index (Phi) is 9.39. The fraction of sp³-hybridized carbons (Fsp3) is 0.667. The zero-order valence-corrected chi connectivity index (χ0v) is 17.5. The van der Waals surface area contributed by atoms with Gasteiger partial charge in [-0.15, -0.1) is 24.0 Å². The van der Waals surface area contributed by atoms with Crippen LogP contribution in [0.1, 0.15) is 52.0 Å². The fourth-order valence-corrected chi connectivity index (χ4v) is 2.56. The molecule has 0 aliphatic heterocycles. The number of rotatable bonds is 6. The number of guanidine groups is 1. The molecule has 1 unspecified atom stereocenters. The van der Waals surface area contributed by atoms with Gasteiger partial charge in [0.05, 0.1) is 0 Å². The molecular weight excluding hydrogens is 415 g/mol. The second kappa shape index (κ2) is 10.7. The summed E-state index contributed by atoms with van der Waals surface area (Å²) in [7, 11) is 1.80. The van der Waals surface area contributed by atoms with Gasteiger partial charge >= 0.3 is 0 Å². The van der Waals surface area contributed by atoms with E-state index >= 15 is 0 Å². The highest BCUT2D eigenvalue weighted by Gasteiger charge is 2.17. The van der Waals surface area contributed by atoms with Gasteiger partial charge in [0.1, 0.15) is 6.10 Å². The zero-order valence-electron chi connectivity index (χ0n) is 15.2. The number of hydrogen-bond donors (Lipinski definition) is 2. The molecule has 1 aromatic rings. The lowest BCUT2D eigenvalue weighted by molar-refractivity contribution is 0.201. The maximum atomic E-state index is 5.96. The summed E-state index contributed by atoms with van der Waals surface area (Å²) >= 11 is 0. The first kappa shape index (κ1) is 21.0. The van der Waals surface area contributed by atoms with E-state index in [4.69, 9.17) is 4.74 Å². The van der Waals surface area contributed by atoms with Crippen LogP contribution in [0.15, 0.2) is 23.3 Å². The Hall–Kier alpha value is -1.05. The molecule has 6 heteroatoms. The number of ether oxygens (including phenoxy) is 1. The number of nitrogens with one attached hydrogen (secondary N) is 2. The van der Waals surface area contributed by atoms with Crippen LogP contribution >= 0.6 is 24.0 Å². The van der Waals surface area contributed by atoms with Crippen LogP contribution < -0.4 is 15.4 Å². The molecule has 0 radical (unpaired) electrons. The van der Waals surface area contributed by atoms with E-state index in [1.807, 2.05) is 18.3 Å². The van der Waals surface area contributed by atoms with E-state index in [1.165, 1.54) is 12.8 Å². The van der Waals surface area contributed by atoms with Crippen LogP contribution in [0, 0.1) is 5.92 Å². The molecule has 2 rings (SSSR count). The van der Waals surface area contributed by atoms with Crippen molar-refractivity contribution in [1.29, 1.82) is 0 Å². The van der Waals surface area contributed by atoms with Crippen LogP contribution in [-0.2, 0) is 6.54 Å². The van der Waals surface area contributed by atoms with Crippen LogP contribution in [0.4, 0.5) is 0 Å². The Bertz CT molecular complexity index is 515. The summed E-state index contributed by atoms with van der Waals surface area (Å²) in [5, 5.41) is 6.75. The van der Waals surface area contributed by atoms with Crippen molar-refractivity contribution in [2.45, 2.75) is 65.1 Å². The largest absolute Gasteiger partial charge is 0.474 e. The van der Waals surface area contributed by atoms with Gasteiger partial charge in [-0.05, 0) is 50.2 Å². The molecule has 0 bridgehead atoms. The molecule has 1 aromatic heterocycles. The van der Waals surface area contributed by atoms with Crippen LogP contribution in [0.5, 0.6) is 5.88 Å². The Morgan fingerprint density at radius 3 is 2.67 bits per heavy atom. The van der Waals surface area contributed by atoms with Crippen molar-refractivity contribution < 1.29 is 4.74 Å². The lowest BCUT2D eigenvalue weighted by Gasteiger charge is -2.21. The first-order valence-electron chi connectivity index (χ1n) is 8.67.